The highest BCUT2D eigenvalue weighted by molar-refractivity contribution is 7.87. The highest BCUT2D eigenvalue weighted by Crippen LogP contribution is 2.20. The van der Waals surface area contributed by atoms with E-state index in [1.807, 2.05) is 18.2 Å². The quantitative estimate of drug-likeness (QED) is 0.815. The van der Waals surface area contributed by atoms with Crippen LogP contribution in [0.2, 0.25) is 0 Å². The molecule has 1 aliphatic rings. The molecule has 0 aliphatic carbocycles. The Morgan fingerprint density at radius 3 is 2.63 bits per heavy atom. The van der Waals surface area contributed by atoms with Crippen LogP contribution < -0.4 is 0 Å². The first-order valence-corrected chi connectivity index (χ1v) is 7.53. The second kappa shape index (κ2) is 4.59. The standard InChI is InChI=1S/C12H15N3O3S/c1-10-13-11-4-2-3-5-12(11)15(10)19(16,17)14-6-8-18-9-7-14/h2-5H,6-9H2,1H3. The number of ether oxygens (including phenoxy) is 1. The fraction of sp³-hybridized carbons (Fsp3) is 0.417. The second-order valence-electron chi connectivity index (χ2n) is 4.43. The highest BCUT2D eigenvalue weighted by Gasteiger charge is 2.28. The van der Waals surface area contributed by atoms with Gasteiger partial charge in [0.25, 0.3) is 0 Å². The van der Waals surface area contributed by atoms with Gasteiger partial charge in [0.1, 0.15) is 5.82 Å². The van der Waals surface area contributed by atoms with Gasteiger partial charge in [0.05, 0.1) is 24.2 Å². The molecule has 0 radical (unpaired) electrons. The molecule has 1 aliphatic heterocycles. The molecule has 1 fully saturated rings. The average Bonchev–Trinajstić information content (AvgIpc) is 2.76. The van der Waals surface area contributed by atoms with Gasteiger partial charge in [-0.15, -0.1) is 0 Å². The third-order valence-electron chi connectivity index (χ3n) is 3.20. The Morgan fingerprint density at radius 2 is 1.89 bits per heavy atom. The van der Waals surface area contributed by atoms with E-state index in [1.165, 1.54) is 8.28 Å². The van der Waals surface area contributed by atoms with Gasteiger partial charge in [-0.3, -0.25) is 0 Å². The van der Waals surface area contributed by atoms with Gasteiger partial charge in [-0.2, -0.15) is 12.7 Å². The molecular formula is C12H15N3O3S. The van der Waals surface area contributed by atoms with E-state index >= 15 is 0 Å². The molecule has 0 saturated carbocycles. The lowest BCUT2D eigenvalue weighted by molar-refractivity contribution is 0.0726. The summed E-state index contributed by atoms with van der Waals surface area (Å²) in [5.41, 5.74) is 1.31. The van der Waals surface area contributed by atoms with Crippen molar-refractivity contribution in [3.8, 4) is 0 Å². The summed E-state index contributed by atoms with van der Waals surface area (Å²) in [6.45, 7) is 3.34. The minimum absolute atomic E-state index is 0.383. The molecule has 102 valence electrons. The van der Waals surface area contributed by atoms with Gasteiger partial charge in [-0.1, -0.05) is 12.1 Å². The molecule has 6 nitrogen and oxygen atoms in total. The molecule has 1 aromatic carbocycles. The number of imidazole rings is 1. The van der Waals surface area contributed by atoms with Crippen LogP contribution in [0.25, 0.3) is 11.0 Å². The fourth-order valence-electron chi connectivity index (χ4n) is 2.31. The highest BCUT2D eigenvalue weighted by atomic mass is 32.2. The average molecular weight is 281 g/mol. The summed E-state index contributed by atoms with van der Waals surface area (Å²) in [5.74, 6) is 0.479. The molecule has 1 aromatic heterocycles. The molecule has 0 N–H and O–H groups in total. The topological polar surface area (TPSA) is 64.4 Å². The summed E-state index contributed by atoms with van der Waals surface area (Å²) < 4.78 is 33.3. The van der Waals surface area contributed by atoms with Gasteiger partial charge < -0.3 is 4.74 Å². The van der Waals surface area contributed by atoms with Gasteiger partial charge in [0, 0.05) is 13.1 Å². The smallest absolute Gasteiger partial charge is 0.309 e. The Labute approximate surface area is 111 Å². The number of nitrogens with zero attached hydrogens (tertiary/aromatic N) is 3. The summed E-state index contributed by atoms with van der Waals surface area (Å²) in [6.07, 6.45) is 0. The number of morpholine rings is 1. The summed E-state index contributed by atoms with van der Waals surface area (Å²) in [7, 11) is -3.57. The molecule has 2 aromatic rings. The van der Waals surface area contributed by atoms with Crippen molar-refractivity contribution >= 4 is 21.2 Å². The van der Waals surface area contributed by atoms with Crippen molar-refractivity contribution < 1.29 is 13.2 Å². The Bertz CT molecular complexity index is 702. The maximum atomic E-state index is 12.7. The molecule has 2 heterocycles. The lowest BCUT2D eigenvalue weighted by Gasteiger charge is -2.26. The lowest BCUT2D eigenvalue weighted by atomic mass is 10.3. The Morgan fingerprint density at radius 1 is 1.21 bits per heavy atom. The van der Waals surface area contributed by atoms with Crippen LogP contribution in [0.15, 0.2) is 24.3 Å². The van der Waals surface area contributed by atoms with Crippen molar-refractivity contribution in [2.75, 3.05) is 26.3 Å². The van der Waals surface area contributed by atoms with Crippen LogP contribution in [-0.4, -0.2) is 48.0 Å². The Kier molecular flexibility index (Phi) is 3.04. The zero-order chi connectivity index (χ0) is 13.5. The molecule has 0 bridgehead atoms. The van der Waals surface area contributed by atoms with E-state index in [0.717, 1.165) is 0 Å². The number of hydrogen-bond acceptors (Lipinski definition) is 4. The van der Waals surface area contributed by atoms with E-state index in [1.54, 1.807) is 13.0 Å². The summed E-state index contributed by atoms with van der Waals surface area (Å²) in [6, 6.07) is 7.25. The fourth-order valence-corrected chi connectivity index (χ4v) is 3.93. The van der Waals surface area contributed by atoms with Crippen LogP contribution in [0, 0.1) is 6.92 Å². The van der Waals surface area contributed by atoms with E-state index in [4.69, 9.17) is 4.74 Å². The molecule has 0 amide bonds. The molecule has 0 atom stereocenters. The minimum Gasteiger partial charge on any atom is -0.379 e. The second-order valence-corrected chi connectivity index (χ2v) is 6.21. The van der Waals surface area contributed by atoms with E-state index in [0.29, 0.717) is 43.2 Å². The number of rotatable bonds is 2. The molecule has 1 saturated heterocycles. The summed E-state index contributed by atoms with van der Waals surface area (Å²) in [4.78, 5) is 4.30. The number of aromatic nitrogens is 2. The number of benzene rings is 1. The van der Waals surface area contributed by atoms with E-state index in [2.05, 4.69) is 4.98 Å². The number of fused-ring (bicyclic) bond motifs is 1. The molecule has 0 unspecified atom stereocenters. The van der Waals surface area contributed by atoms with Crippen molar-refractivity contribution in [1.82, 2.24) is 13.3 Å². The van der Waals surface area contributed by atoms with Crippen molar-refractivity contribution in [2.45, 2.75) is 6.92 Å². The molecule has 7 heteroatoms. The van der Waals surface area contributed by atoms with Crippen molar-refractivity contribution in [2.24, 2.45) is 0 Å². The molecular weight excluding hydrogens is 266 g/mol. The maximum absolute atomic E-state index is 12.7. The van der Waals surface area contributed by atoms with Crippen molar-refractivity contribution in [3.63, 3.8) is 0 Å². The van der Waals surface area contributed by atoms with Crippen LogP contribution in [0.5, 0.6) is 0 Å². The van der Waals surface area contributed by atoms with Crippen molar-refractivity contribution in [1.29, 1.82) is 0 Å². The lowest BCUT2D eigenvalue weighted by Crippen LogP contribution is -2.43. The minimum atomic E-state index is -3.57. The van der Waals surface area contributed by atoms with Gasteiger partial charge in [-0.25, -0.2) is 8.96 Å². The van der Waals surface area contributed by atoms with Gasteiger partial charge >= 0.3 is 10.2 Å². The number of hydrogen-bond donors (Lipinski definition) is 0. The predicted molar refractivity (Wildman–Crippen MR) is 71.2 cm³/mol. The van der Waals surface area contributed by atoms with Crippen LogP contribution in [-0.2, 0) is 14.9 Å². The van der Waals surface area contributed by atoms with Crippen LogP contribution >= 0.6 is 0 Å². The third kappa shape index (κ3) is 2.03. The molecule has 0 spiro atoms. The third-order valence-corrected chi connectivity index (χ3v) is 5.14. The zero-order valence-electron chi connectivity index (χ0n) is 10.6. The van der Waals surface area contributed by atoms with Gasteiger partial charge in [-0.05, 0) is 19.1 Å². The first kappa shape index (κ1) is 12.6. The molecule has 3 rings (SSSR count). The summed E-state index contributed by atoms with van der Waals surface area (Å²) >= 11 is 0. The SMILES string of the molecule is Cc1nc2ccccc2n1S(=O)(=O)N1CCOCC1. The van der Waals surface area contributed by atoms with E-state index in [-0.39, 0.29) is 0 Å². The van der Waals surface area contributed by atoms with Gasteiger partial charge in [0.15, 0.2) is 0 Å². The van der Waals surface area contributed by atoms with Crippen molar-refractivity contribution in [3.05, 3.63) is 30.1 Å². The monoisotopic (exact) mass is 281 g/mol. The zero-order valence-corrected chi connectivity index (χ0v) is 11.4. The van der Waals surface area contributed by atoms with Gasteiger partial charge in [0.2, 0.25) is 0 Å². The Hall–Kier alpha value is -1.44. The first-order valence-electron chi connectivity index (χ1n) is 6.13. The summed E-state index contributed by atoms with van der Waals surface area (Å²) in [5, 5.41) is 0. The van der Waals surface area contributed by atoms with Crippen LogP contribution in [0.3, 0.4) is 0 Å². The predicted octanol–water partition coefficient (Wildman–Crippen LogP) is 0.770. The van der Waals surface area contributed by atoms with E-state index in [9.17, 15) is 8.42 Å². The Balaban J connectivity index is 2.15. The number of para-hydroxylation sites is 2. The van der Waals surface area contributed by atoms with Crippen LogP contribution in [0.1, 0.15) is 5.82 Å². The van der Waals surface area contributed by atoms with E-state index < -0.39 is 10.2 Å². The number of aryl methyl sites for hydroxylation is 1. The normalized spacial score (nSPS) is 17.9. The maximum Gasteiger partial charge on any atom is 0.309 e. The largest absolute Gasteiger partial charge is 0.379 e. The van der Waals surface area contributed by atoms with Crippen LogP contribution in [0.4, 0.5) is 0 Å². The first-order chi connectivity index (χ1) is 9.10. The molecule has 19 heavy (non-hydrogen) atoms.